The average Bonchev–Trinajstić information content (AvgIpc) is 2.86. The van der Waals surface area contributed by atoms with Gasteiger partial charge in [0, 0.05) is 23.4 Å². The Morgan fingerprint density at radius 1 is 1.12 bits per heavy atom. The maximum Gasteiger partial charge on any atom is 0.233 e. The SMILES string of the molecule is CCC(=O)c1cc(F)c(OCC2CN(C(=O)CSc3ccc(OC)c(OC)c3)CCO2)c(F)c1. The Bertz CT molecular complexity index is 1010. The number of methoxy groups -OCH3 is 2. The molecule has 7 nitrogen and oxygen atoms in total. The maximum atomic E-state index is 14.3. The van der Waals surface area contributed by atoms with Crippen molar-refractivity contribution in [1.29, 1.82) is 0 Å². The Balaban J connectivity index is 1.54. The Morgan fingerprint density at radius 2 is 1.82 bits per heavy atom. The number of thioether (sulfide) groups is 1. The number of carbonyl (C=O) groups excluding carboxylic acids is 2. The minimum Gasteiger partial charge on any atom is -0.493 e. The molecule has 0 spiro atoms. The van der Waals surface area contributed by atoms with Crippen molar-refractivity contribution in [3.63, 3.8) is 0 Å². The molecule has 0 aliphatic carbocycles. The molecule has 1 saturated heterocycles. The molecular weight excluding hydrogens is 468 g/mol. The Labute approximate surface area is 201 Å². The van der Waals surface area contributed by atoms with Crippen LogP contribution in [-0.4, -0.2) is 69.0 Å². The largest absolute Gasteiger partial charge is 0.493 e. The Kier molecular flexibility index (Phi) is 9.12. The number of benzene rings is 2. The van der Waals surface area contributed by atoms with Crippen molar-refractivity contribution < 1.29 is 37.3 Å². The van der Waals surface area contributed by atoms with Crippen LogP contribution in [0.4, 0.5) is 8.78 Å². The number of morpholine rings is 1. The van der Waals surface area contributed by atoms with E-state index >= 15 is 0 Å². The summed E-state index contributed by atoms with van der Waals surface area (Å²) in [5.41, 5.74) is -0.0393. The number of Topliss-reactive ketones (excluding diaryl/α,β-unsaturated/α-hetero) is 1. The van der Waals surface area contributed by atoms with Crippen molar-refractivity contribution >= 4 is 23.5 Å². The minimum absolute atomic E-state index is 0.0393. The van der Waals surface area contributed by atoms with Crippen LogP contribution in [0.25, 0.3) is 0 Å². The van der Waals surface area contributed by atoms with Crippen LogP contribution in [0.15, 0.2) is 35.2 Å². The van der Waals surface area contributed by atoms with Crippen molar-refractivity contribution in [2.45, 2.75) is 24.3 Å². The summed E-state index contributed by atoms with van der Waals surface area (Å²) in [6.45, 7) is 2.42. The third kappa shape index (κ3) is 6.38. The number of ether oxygens (including phenoxy) is 4. The summed E-state index contributed by atoms with van der Waals surface area (Å²) in [4.78, 5) is 26.9. The number of halogens is 2. The molecule has 1 heterocycles. The van der Waals surface area contributed by atoms with Gasteiger partial charge in [-0.2, -0.15) is 0 Å². The third-order valence-electron chi connectivity index (χ3n) is 5.26. The molecule has 3 rings (SSSR count). The van der Waals surface area contributed by atoms with Gasteiger partial charge in [0.1, 0.15) is 12.7 Å². The van der Waals surface area contributed by atoms with Crippen LogP contribution in [-0.2, 0) is 9.53 Å². The fourth-order valence-corrected chi connectivity index (χ4v) is 4.26. The highest BCUT2D eigenvalue weighted by Crippen LogP contribution is 2.32. The first kappa shape index (κ1) is 25.8. The Hall–Kier alpha value is -2.85. The predicted molar refractivity (Wildman–Crippen MR) is 123 cm³/mol. The zero-order valence-corrected chi connectivity index (χ0v) is 20.1. The average molecular weight is 496 g/mol. The highest BCUT2D eigenvalue weighted by atomic mass is 32.2. The zero-order chi connectivity index (χ0) is 24.7. The second-order valence-corrected chi connectivity index (χ2v) is 8.54. The summed E-state index contributed by atoms with van der Waals surface area (Å²) in [7, 11) is 3.10. The molecule has 10 heteroatoms. The van der Waals surface area contributed by atoms with Gasteiger partial charge in [0.05, 0.1) is 33.1 Å². The zero-order valence-electron chi connectivity index (χ0n) is 19.3. The lowest BCUT2D eigenvalue weighted by Crippen LogP contribution is -2.48. The topological polar surface area (TPSA) is 74.3 Å². The predicted octanol–water partition coefficient (Wildman–Crippen LogP) is 3.97. The van der Waals surface area contributed by atoms with Crippen molar-refractivity contribution in [3.05, 3.63) is 47.5 Å². The highest BCUT2D eigenvalue weighted by molar-refractivity contribution is 8.00. The molecular formula is C24H27F2NO6S. The molecule has 0 aromatic heterocycles. The highest BCUT2D eigenvalue weighted by Gasteiger charge is 2.26. The first-order chi connectivity index (χ1) is 16.4. The normalized spacial score (nSPS) is 15.7. The molecule has 0 bridgehead atoms. The molecule has 1 aliphatic rings. The van der Waals surface area contributed by atoms with E-state index in [0.29, 0.717) is 18.0 Å². The lowest BCUT2D eigenvalue weighted by molar-refractivity contribution is -0.137. The second kappa shape index (κ2) is 12.0. The number of rotatable bonds is 10. The van der Waals surface area contributed by atoms with E-state index in [1.165, 1.54) is 11.8 Å². The monoisotopic (exact) mass is 495 g/mol. The van der Waals surface area contributed by atoms with Gasteiger partial charge in [-0.1, -0.05) is 6.92 Å². The van der Waals surface area contributed by atoms with Crippen molar-refractivity contribution in [2.75, 3.05) is 46.3 Å². The van der Waals surface area contributed by atoms with Gasteiger partial charge >= 0.3 is 0 Å². The molecule has 1 atom stereocenters. The standard InChI is InChI=1S/C24H27F2NO6S/c1-4-20(28)15-9-18(25)24(19(26)10-15)33-13-16-12-27(7-8-32-16)23(29)14-34-17-5-6-21(30-2)22(11-17)31-3/h5-6,9-11,16H,4,7-8,12-14H2,1-3H3. The van der Waals surface area contributed by atoms with E-state index < -0.39 is 23.5 Å². The number of hydrogen-bond acceptors (Lipinski definition) is 7. The van der Waals surface area contributed by atoms with Crippen LogP contribution in [0.1, 0.15) is 23.7 Å². The van der Waals surface area contributed by atoms with Gasteiger partial charge in [0.15, 0.2) is 34.7 Å². The van der Waals surface area contributed by atoms with Gasteiger partial charge in [-0.3, -0.25) is 9.59 Å². The van der Waals surface area contributed by atoms with E-state index in [4.69, 9.17) is 18.9 Å². The van der Waals surface area contributed by atoms with Gasteiger partial charge in [-0.05, 0) is 30.3 Å². The number of amides is 1. The molecule has 34 heavy (non-hydrogen) atoms. The van der Waals surface area contributed by atoms with Crippen LogP contribution in [0, 0.1) is 11.6 Å². The molecule has 1 aliphatic heterocycles. The van der Waals surface area contributed by atoms with Crippen LogP contribution >= 0.6 is 11.8 Å². The quantitative estimate of drug-likeness (QED) is 0.365. The van der Waals surface area contributed by atoms with E-state index in [2.05, 4.69) is 0 Å². The molecule has 1 fully saturated rings. The van der Waals surface area contributed by atoms with Crippen molar-refractivity contribution in [3.8, 4) is 17.2 Å². The van der Waals surface area contributed by atoms with Gasteiger partial charge in [-0.15, -0.1) is 11.8 Å². The summed E-state index contributed by atoms with van der Waals surface area (Å²) in [5.74, 6) is -1.53. The van der Waals surface area contributed by atoms with E-state index in [0.717, 1.165) is 17.0 Å². The van der Waals surface area contributed by atoms with Crippen LogP contribution < -0.4 is 14.2 Å². The summed E-state index contributed by atoms with van der Waals surface area (Å²) in [5, 5.41) is 0. The number of hydrogen-bond donors (Lipinski definition) is 0. The molecule has 2 aromatic carbocycles. The van der Waals surface area contributed by atoms with Gasteiger partial charge in [0.25, 0.3) is 0 Å². The Morgan fingerprint density at radius 3 is 2.47 bits per heavy atom. The van der Waals surface area contributed by atoms with Crippen LogP contribution in [0.2, 0.25) is 0 Å². The van der Waals surface area contributed by atoms with Crippen LogP contribution in [0.3, 0.4) is 0 Å². The second-order valence-electron chi connectivity index (χ2n) is 7.49. The molecule has 184 valence electrons. The molecule has 0 N–H and O–H groups in total. The fourth-order valence-electron chi connectivity index (χ4n) is 3.43. The van der Waals surface area contributed by atoms with Crippen LogP contribution in [0.5, 0.6) is 17.2 Å². The van der Waals surface area contributed by atoms with E-state index in [9.17, 15) is 18.4 Å². The number of carbonyl (C=O) groups is 2. The lowest BCUT2D eigenvalue weighted by Gasteiger charge is -2.32. The molecule has 1 amide bonds. The molecule has 2 aromatic rings. The molecule has 0 radical (unpaired) electrons. The summed E-state index contributed by atoms with van der Waals surface area (Å²) < 4.78 is 50.0. The molecule has 0 saturated carbocycles. The lowest BCUT2D eigenvalue weighted by atomic mass is 10.1. The number of nitrogens with zero attached hydrogens (tertiary/aromatic N) is 1. The van der Waals surface area contributed by atoms with Crippen molar-refractivity contribution in [2.24, 2.45) is 0 Å². The third-order valence-corrected chi connectivity index (χ3v) is 6.24. The van der Waals surface area contributed by atoms with Gasteiger partial charge in [-0.25, -0.2) is 8.78 Å². The summed E-state index contributed by atoms with van der Waals surface area (Å²) >= 11 is 1.37. The van der Waals surface area contributed by atoms with Gasteiger partial charge < -0.3 is 23.8 Å². The minimum atomic E-state index is -0.952. The van der Waals surface area contributed by atoms with E-state index in [-0.39, 0.29) is 49.2 Å². The van der Waals surface area contributed by atoms with E-state index in [1.54, 1.807) is 38.2 Å². The first-order valence-corrected chi connectivity index (χ1v) is 11.7. The maximum absolute atomic E-state index is 14.3. The smallest absolute Gasteiger partial charge is 0.233 e. The summed E-state index contributed by atoms with van der Waals surface area (Å²) in [6, 6.07) is 7.35. The van der Waals surface area contributed by atoms with E-state index in [1.807, 2.05) is 6.07 Å². The first-order valence-electron chi connectivity index (χ1n) is 10.8. The van der Waals surface area contributed by atoms with Gasteiger partial charge in [0.2, 0.25) is 5.91 Å². The molecule has 1 unspecified atom stereocenters. The fraction of sp³-hybridized carbons (Fsp3) is 0.417. The van der Waals surface area contributed by atoms with Crippen molar-refractivity contribution in [1.82, 2.24) is 4.90 Å². The number of ketones is 1. The summed E-state index contributed by atoms with van der Waals surface area (Å²) in [6.07, 6.45) is -0.400.